The highest BCUT2D eigenvalue weighted by molar-refractivity contribution is 5.74. The molecule has 3 N–H and O–H groups in total. The molecule has 1 fully saturated rings. The van der Waals surface area contributed by atoms with Crippen LogP contribution in [0.1, 0.15) is 39.0 Å². The average molecular weight is 242 g/mol. The van der Waals surface area contributed by atoms with Gasteiger partial charge in [0, 0.05) is 18.9 Å². The quantitative estimate of drug-likeness (QED) is 0.722. The van der Waals surface area contributed by atoms with E-state index in [1.54, 1.807) is 0 Å². The first kappa shape index (κ1) is 14.0. The first-order valence-corrected chi connectivity index (χ1v) is 6.23. The molecule has 0 aromatic heterocycles. The van der Waals surface area contributed by atoms with Gasteiger partial charge in [-0.3, -0.25) is 9.59 Å². The zero-order valence-corrected chi connectivity index (χ0v) is 10.4. The average Bonchev–Trinajstić information content (AvgIpc) is 2.26. The molecule has 1 amide bonds. The largest absolute Gasteiger partial charge is 0.481 e. The number of carbonyl (C=O) groups excluding carboxylic acids is 1. The Bertz CT molecular complexity index is 273. The number of primary amides is 1. The van der Waals surface area contributed by atoms with E-state index in [1.807, 2.05) is 0 Å². The van der Waals surface area contributed by atoms with Crippen molar-refractivity contribution in [1.29, 1.82) is 0 Å². The van der Waals surface area contributed by atoms with E-state index in [0.717, 1.165) is 25.9 Å². The number of nitrogens with zero attached hydrogens (tertiary/aromatic N) is 1. The Morgan fingerprint density at radius 3 is 2.47 bits per heavy atom. The van der Waals surface area contributed by atoms with Crippen molar-refractivity contribution in [2.45, 2.75) is 45.1 Å². The minimum Gasteiger partial charge on any atom is -0.481 e. The fourth-order valence-corrected chi connectivity index (χ4v) is 2.40. The number of hydrogen-bond donors (Lipinski definition) is 2. The second-order valence-electron chi connectivity index (χ2n) is 4.93. The highest BCUT2D eigenvalue weighted by Crippen LogP contribution is 2.22. The molecule has 0 spiro atoms. The second kappa shape index (κ2) is 6.59. The van der Waals surface area contributed by atoms with E-state index in [2.05, 4.69) is 11.8 Å². The summed E-state index contributed by atoms with van der Waals surface area (Å²) in [4.78, 5) is 23.6. The summed E-state index contributed by atoms with van der Waals surface area (Å²) in [7, 11) is 0. The zero-order chi connectivity index (χ0) is 12.8. The monoisotopic (exact) mass is 242 g/mol. The molecular formula is C12H22N2O3. The van der Waals surface area contributed by atoms with Crippen molar-refractivity contribution >= 4 is 11.9 Å². The third-order valence-corrected chi connectivity index (χ3v) is 3.54. The molecule has 0 aromatic carbocycles. The number of aliphatic carboxylic acids is 1. The van der Waals surface area contributed by atoms with Gasteiger partial charge in [-0.05, 0) is 45.2 Å². The van der Waals surface area contributed by atoms with Gasteiger partial charge in [-0.15, -0.1) is 0 Å². The molecule has 0 aromatic rings. The summed E-state index contributed by atoms with van der Waals surface area (Å²) >= 11 is 0. The van der Waals surface area contributed by atoms with Crippen molar-refractivity contribution in [1.82, 2.24) is 4.90 Å². The number of hydrogen-bond acceptors (Lipinski definition) is 3. The second-order valence-corrected chi connectivity index (χ2v) is 4.93. The zero-order valence-electron chi connectivity index (χ0n) is 10.4. The molecule has 98 valence electrons. The molecule has 1 atom stereocenters. The minimum absolute atomic E-state index is 0.220. The molecule has 1 heterocycles. The van der Waals surface area contributed by atoms with E-state index < -0.39 is 5.97 Å². The van der Waals surface area contributed by atoms with Gasteiger partial charge in [-0.25, -0.2) is 0 Å². The topological polar surface area (TPSA) is 83.6 Å². The van der Waals surface area contributed by atoms with Crippen LogP contribution in [-0.4, -0.2) is 41.0 Å². The van der Waals surface area contributed by atoms with Gasteiger partial charge in [0.2, 0.25) is 5.91 Å². The van der Waals surface area contributed by atoms with Crippen LogP contribution in [-0.2, 0) is 9.59 Å². The highest BCUT2D eigenvalue weighted by atomic mass is 16.4. The standard InChI is InChI=1S/C12H22N2O3/c1-9(2-3-12(16)17)14-6-4-10(5-7-14)8-11(13)15/h9-10H,2-8H2,1H3,(H2,13,15)(H,16,17). The third-order valence-electron chi connectivity index (χ3n) is 3.54. The molecule has 1 rings (SSSR count). The lowest BCUT2D eigenvalue weighted by atomic mass is 9.92. The number of piperidine rings is 1. The summed E-state index contributed by atoms with van der Waals surface area (Å²) in [6, 6.07) is 0.306. The predicted molar refractivity (Wildman–Crippen MR) is 64.4 cm³/mol. The van der Waals surface area contributed by atoms with E-state index in [4.69, 9.17) is 10.8 Å². The molecule has 0 aliphatic carbocycles. The summed E-state index contributed by atoms with van der Waals surface area (Å²) in [6.07, 6.45) is 3.37. The summed E-state index contributed by atoms with van der Waals surface area (Å²) in [6.45, 7) is 3.95. The lowest BCUT2D eigenvalue weighted by Gasteiger charge is -2.35. The summed E-state index contributed by atoms with van der Waals surface area (Å²) in [5.41, 5.74) is 5.18. The molecule has 0 saturated carbocycles. The van der Waals surface area contributed by atoms with E-state index in [-0.39, 0.29) is 12.3 Å². The van der Waals surface area contributed by atoms with Crippen LogP contribution < -0.4 is 5.73 Å². The van der Waals surface area contributed by atoms with Crippen LogP contribution >= 0.6 is 0 Å². The van der Waals surface area contributed by atoms with E-state index in [9.17, 15) is 9.59 Å². The van der Waals surface area contributed by atoms with Gasteiger partial charge >= 0.3 is 5.97 Å². The van der Waals surface area contributed by atoms with Crippen molar-refractivity contribution in [3.8, 4) is 0 Å². The summed E-state index contributed by atoms with van der Waals surface area (Å²) < 4.78 is 0. The number of amides is 1. The van der Waals surface area contributed by atoms with Gasteiger partial charge in [-0.1, -0.05) is 0 Å². The SMILES string of the molecule is CC(CCC(=O)O)N1CCC(CC(N)=O)CC1. The smallest absolute Gasteiger partial charge is 0.303 e. The lowest BCUT2D eigenvalue weighted by molar-refractivity contribution is -0.137. The van der Waals surface area contributed by atoms with Gasteiger partial charge in [0.1, 0.15) is 0 Å². The van der Waals surface area contributed by atoms with Crippen LogP contribution in [0, 0.1) is 5.92 Å². The number of likely N-dealkylation sites (tertiary alicyclic amines) is 1. The van der Waals surface area contributed by atoms with Crippen molar-refractivity contribution < 1.29 is 14.7 Å². The van der Waals surface area contributed by atoms with E-state index in [0.29, 0.717) is 24.8 Å². The van der Waals surface area contributed by atoms with Crippen LogP contribution in [0.2, 0.25) is 0 Å². The molecule has 17 heavy (non-hydrogen) atoms. The van der Waals surface area contributed by atoms with Crippen LogP contribution in [0.3, 0.4) is 0 Å². The Hall–Kier alpha value is -1.10. The van der Waals surface area contributed by atoms with Crippen molar-refractivity contribution in [2.75, 3.05) is 13.1 Å². The fourth-order valence-electron chi connectivity index (χ4n) is 2.40. The van der Waals surface area contributed by atoms with Crippen LogP contribution in [0.5, 0.6) is 0 Å². The van der Waals surface area contributed by atoms with Gasteiger partial charge in [0.05, 0.1) is 0 Å². The molecule has 1 saturated heterocycles. The lowest BCUT2D eigenvalue weighted by Crippen LogP contribution is -2.40. The van der Waals surface area contributed by atoms with Gasteiger partial charge in [0.25, 0.3) is 0 Å². The molecule has 0 bridgehead atoms. The maximum absolute atomic E-state index is 10.8. The first-order chi connectivity index (χ1) is 7.99. The van der Waals surface area contributed by atoms with Gasteiger partial charge in [-0.2, -0.15) is 0 Å². The Morgan fingerprint density at radius 2 is 2.00 bits per heavy atom. The Kier molecular flexibility index (Phi) is 5.41. The molecule has 1 aliphatic rings. The Morgan fingerprint density at radius 1 is 1.41 bits per heavy atom. The fraction of sp³-hybridized carbons (Fsp3) is 0.833. The molecular weight excluding hydrogens is 220 g/mol. The number of carbonyl (C=O) groups is 2. The van der Waals surface area contributed by atoms with Gasteiger partial charge in [0.15, 0.2) is 0 Å². The van der Waals surface area contributed by atoms with Crippen LogP contribution in [0.4, 0.5) is 0 Å². The van der Waals surface area contributed by atoms with Crippen LogP contribution in [0.15, 0.2) is 0 Å². The highest BCUT2D eigenvalue weighted by Gasteiger charge is 2.23. The molecule has 5 heteroatoms. The number of carboxylic acids is 1. The number of nitrogens with two attached hydrogens (primary N) is 1. The molecule has 1 aliphatic heterocycles. The minimum atomic E-state index is -0.736. The third kappa shape index (κ3) is 5.17. The molecule has 0 radical (unpaired) electrons. The van der Waals surface area contributed by atoms with E-state index >= 15 is 0 Å². The molecule has 1 unspecified atom stereocenters. The van der Waals surface area contributed by atoms with Crippen molar-refractivity contribution in [3.05, 3.63) is 0 Å². The maximum Gasteiger partial charge on any atom is 0.303 e. The van der Waals surface area contributed by atoms with E-state index in [1.165, 1.54) is 0 Å². The van der Waals surface area contributed by atoms with Crippen LogP contribution in [0.25, 0.3) is 0 Å². The normalized spacial score (nSPS) is 20.1. The Balaban J connectivity index is 2.26. The summed E-state index contributed by atoms with van der Waals surface area (Å²) in [5.74, 6) is -0.543. The predicted octanol–water partition coefficient (Wildman–Crippen LogP) is 0.827. The number of carboxylic acid groups (broad SMARTS) is 1. The summed E-state index contributed by atoms with van der Waals surface area (Å²) in [5, 5.41) is 8.63. The van der Waals surface area contributed by atoms with Crippen molar-refractivity contribution in [3.63, 3.8) is 0 Å². The Labute approximate surface area is 102 Å². The first-order valence-electron chi connectivity index (χ1n) is 6.23. The van der Waals surface area contributed by atoms with Gasteiger partial charge < -0.3 is 15.7 Å². The van der Waals surface area contributed by atoms with Crippen molar-refractivity contribution in [2.24, 2.45) is 11.7 Å². The molecule has 5 nitrogen and oxygen atoms in total. The maximum atomic E-state index is 10.8. The number of rotatable bonds is 6.